The van der Waals surface area contributed by atoms with Crippen LogP contribution in [-0.4, -0.2) is 48.6 Å². The van der Waals surface area contributed by atoms with Gasteiger partial charge >= 0.3 is 0 Å². The van der Waals surface area contributed by atoms with Crippen LogP contribution in [0.25, 0.3) is 0 Å². The first-order valence-electron chi connectivity index (χ1n) is 4.71. The lowest BCUT2D eigenvalue weighted by Crippen LogP contribution is -2.37. The molecule has 4 nitrogen and oxygen atoms in total. The first-order chi connectivity index (χ1) is 6.28. The lowest BCUT2D eigenvalue weighted by atomic mass is 10.3. The molecule has 0 radical (unpaired) electrons. The van der Waals surface area contributed by atoms with E-state index in [9.17, 15) is 0 Å². The molecule has 1 aliphatic rings. The Bertz CT molecular complexity index is 108. The molecule has 1 aliphatic heterocycles. The van der Waals surface area contributed by atoms with Gasteiger partial charge in [-0.1, -0.05) is 13.8 Å². The Kier molecular flexibility index (Phi) is 8.68. The summed E-state index contributed by atoms with van der Waals surface area (Å²) >= 11 is 0. The van der Waals surface area contributed by atoms with E-state index >= 15 is 0 Å². The lowest BCUT2D eigenvalue weighted by molar-refractivity contribution is -0.320. The zero-order chi connectivity index (χ0) is 10.1. The summed E-state index contributed by atoms with van der Waals surface area (Å²) in [6.07, 6.45) is 1.08. The highest BCUT2D eigenvalue weighted by molar-refractivity contribution is 5.97. The zero-order valence-electron chi connectivity index (χ0n) is 9.08. The highest BCUT2D eigenvalue weighted by Crippen LogP contribution is 2.13. The minimum atomic E-state index is 0.0416. The standard InChI is InChI=1S/C7H15NO2.CH6OSi/c1-3-8(4-2)10-7-5-6-9-7;1-2-3/h7H,3-6H2,1-2H3;1,3H3. The molecule has 1 heterocycles. The van der Waals surface area contributed by atoms with Crippen LogP contribution in [0.4, 0.5) is 0 Å². The van der Waals surface area contributed by atoms with Crippen molar-refractivity contribution in [3.8, 4) is 0 Å². The summed E-state index contributed by atoms with van der Waals surface area (Å²) < 4.78 is 9.49. The van der Waals surface area contributed by atoms with E-state index in [1.165, 1.54) is 0 Å². The first-order valence-corrected chi connectivity index (χ1v) is 5.53. The molecule has 0 amide bonds. The molecule has 0 aromatic heterocycles. The molecule has 0 aromatic carbocycles. The van der Waals surface area contributed by atoms with Crippen molar-refractivity contribution in [2.24, 2.45) is 0 Å². The average molecular weight is 207 g/mol. The van der Waals surface area contributed by atoms with Crippen LogP contribution in [0.5, 0.6) is 0 Å². The third-order valence-electron chi connectivity index (χ3n) is 1.63. The monoisotopic (exact) mass is 207 g/mol. The van der Waals surface area contributed by atoms with Crippen molar-refractivity contribution in [3.63, 3.8) is 0 Å². The number of rotatable bonds is 4. The smallest absolute Gasteiger partial charge is 0.179 e. The number of nitrogens with zero attached hydrogens (tertiary/aromatic N) is 1. The molecule has 0 saturated carbocycles. The molecule has 13 heavy (non-hydrogen) atoms. The third kappa shape index (κ3) is 6.17. The topological polar surface area (TPSA) is 30.9 Å². The van der Waals surface area contributed by atoms with Crippen LogP contribution in [0.3, 0.4) is 0 Å². The maximum absolute atomic E-state index is 5.40. The molecule has 0 aliphatic carbocycles. The van der Waals surface area contributed by atoms with E-state index in [0.29, 0.717) is 0 Å². The Balaban J connectivity index is 0.000000424. The van der Waals surface area contributed by atoms with Gasteiger partial charge < -0.3 is 9.16 Å². The summed E-state index contributed by atoms with van der Waals surface area (Å²) in [5, 5.41) is 1.91. The van der Waals surface area contributed by atoms with Crippen molar-refractivity contribution in [1.29, 1.82) is 0 Å². The second kappa shape index (κ2) is 8.65. The Labute approximate surface area is 83.6 Å². The largest absolute Gasteiger partial charge is 0.431 e. The molecule has 1 atom stereocenters. The molecule has 1 fully saturated rings. The second-order valence-corrected chi connectivity index (χ2v) is 3.53. The molecule has 0 N–H and O–H groups in total. The van der Waals surface area contributed by atoms with Crippen LogP contribution in [0.1, 0.15) is 20.3 Å². The average Bonchev–Trinajstić information content (AvgIpc) is 2.05. The summed E-state index contributed by atoms with van der Waals surface area (Å²) in [6, 6.07) is 0. The van der Waals surface area contributed by atoms with Crippen LogP contribution in [0, 0.1) is 0 Å². The van der Waals surface area contributed by atoms with E-state index in [2.05, 4.69) is 18.3 Å². The van der Waals surface area contributed by atoms with Crippen LogP contribution in [-0.2, 0) is 14.0 Å². The lowest BCUT2D eigenvalue weighted by Gasteiger charge is -2.30. The van der Waals surface area contributed by atoms with Gasteiger partial charge in [-0.3, -0.25) is 4.84 Å². The summed E-state index contributed by atoms with van der Waals surface area (Å²) in [6.45, 7) is 6.85. The van der Waals surface area contributed by atoms with E-state index < -0.39 is 0 Å². The molecular formula is C8H21NO3Si. The molecule has 1 saturated heterocycles. The van der Waals surface area contributed by atoms with Crippen LogP contribution >= 0.6 is 0 Å². The van der Waals surface area contributed by atoms with E-state index in [-0.39, 0.29) is 6.29 Å². The summed E-state index contributed by atoms with van der Waals surface area (Å²) in [7, 11) is 2.56. The third-order valence-corrected chi connectivity index (χ3v) is 1.63. The van der Waals surface area contributed by atoms with Gasteiger partial charge in [-0.05, 0) is 0 Å². The van der Waals surface area contributed by atoms with E-state index in [4.69, 9.17) is 9.57 Å². The van der Waals surface area contributed by atoms with Gasteiger partial charge in [-0.15, -0.1) is 0 Å². The van der Waals surface area contributed by atoms with Gasteiger partial charge in [0.05, 0.1) is 6.61 Å². The van der Waals surface area contributed by atoms with Crippen molar-refractivity contribution < 1.29 is 14.0 Å². The highest BCUT2D eigenvalue weighted by atomic mass is 28.2. The Morgan fingerprint density at radius 1 is 1.46 bits per heavy atom. The predicted octanol–water partition coefficient (Wildman–Crippen LogP) is -0.0806. The fourth-order valence-electron chi connectivity index (χ4n) is 0.836. The number of ether oxygens (including phenoxy) is 1. The molecule has 1 rings (SSSR count). The first kappa shape index (κ1) is 13.1. The fourth-order valence-corrected chi connectivity index (χ4v) is 0.836. The molecule has 0 spiro atoms. The zero-order valence-corrected chi connectivity index (χ0v) is 11.1. The molecule has 80 valence electrons. The summed E-state index contributed by atoms with van der Waals surface area (Å²) in [5.74, 6) is 0. The van der Waals surface area contributed by atoms with Gasteiger partial charge in [-0.25, -0.2) is 0 Å². The van der Waals surface area contributed by atoms with Crippen LogP contribution in [0.15, 0.2) is 0 Å². The summed E-state index contributed by atoms with van der Waals surface area (Å²) in [5.41, 5.74) is 0. The predicted molar refractivity (Wildman–Crippen MR) is 55.3 cm³/mol. The van der Waals surface area contributed by atoms with Gasteiger partial charge in [0.2, 0.25) is 0 Å². The quantitative estimate of drug-likeness (QED) is 0.476. The fraction of sp³-hybridized carbons (Fsp3) is 1.00. The van der Waals surface area contributed by atoms with Gasteiger partial charge in [0.25, 0.3) is 0 Å². The maximum atomic E-state index is 5.40. The van der Waals surface area contributed by atoms with Gasteiger partial charge in [0, 0.05) is 26.6 Å². The van der Waals surface area contributed by atoms with Crippen molar-refractivity contribution >= 4 is 10.5 Å². The molecular weight excluding hydrogens is 186 g/mol. The van der Waals surface area contributed by atoms with Crippen molar-refractivity contribution in [2.45, 2.75) is 26.6 Å². The molecule has 5 heteroatoms. The van der Waals surface area contributed by atoms with Crippen LogP contribution < -0.4 is 0 Å². The number of hydrogen-bond donors (Lipinski definition) is 0. The summed E-state index contributed by atoms with van der Waals surface area (Å²) in [4.78, 5) is 5.40. The highest BCUT2D eigenvalue weighted by Gasteiger charge is 2.20. The van der Waals surface area contributed by atoms with E-state index in [0.717, 1.165) is 36.6 Å². The van der Waals surface area contributed by atoms with Gasteiger partial charge in [-0.2, -0.15) is 5.06 Å². The Morgan fingerprint density at radius 3 is 2.15 bits per heavy atom. The second-order valence-electron chi connectivity index (χ2n) is 2.72. The SMILES string of the molecule is CCN(CC)OC1CCO1.CO[SiH3]. The molecule has 0 aromatic rings. The van der Waals surface area contributed by atoms with Gasteiger partial charge in [0.15, 0.2) is 6.29 Å². The van der Waals surface area contributed by atoms with E-state index in [1.54, 1.807) is 7.11 Å². The van der Waals surface area contributed by atoms with Crippen molar-refractivity contribution in [3.05, 3.63) is 0 Å². The van der Waals surface area contributed by atoms with Crippen molar-refractivity contribution in [1.82, 2.24) is 5.06 Å². The Morgan fingerprint density at radius 2 is 1.92 bits per heavy atom. The minimum Gasteiger partial charge on any atom is -0.431 e. The van der Waals surface area contributed by atoms with E-state index in [1.807, 2.05) is 5.06 Å². The number of hydroxylamine groups is 2. The maximum Gasteiger partial charge on any atom is 0.179 e. The van der Waals surface area contributed by atoms with Crippen LogP contribution in [0.2, 0.25) is 0 Å². The molecule has 0 bridgehead atoms. The normalized spacial score (nSPS) is 20.8. The number of hydrogen-bond acceptors (Lipinski definition) is 4. The van der Waals surface area contributed by atoms with Crippen molar-refractivity contribution in [2.75, 3.05) is 26.8 Å². The minimum absolute atomic E-state index is 0.0416. The Hall–Kier alpha value is 0.0569. The van der Waals surface area contributed by atoms with Gasteiger partial charge in [0.1, 0.15) is 10.5 Å². The molecule has 1 unspecified atom stereocenters.